The standard InChI is InChI=1S/C9H5F5O3/c10-8(11,9(12,13)14)7(16)4-5(15)6-2-1-3-17-6/h1-3H,4H2. The minimum absolute atomic E-state index is 0.448. The van der Waals surface area contributed by atoms with E-state index in [0.29, 0.717) is 0 Å². The van der Waals surface area contributed by atoms with Crippen LogP contribution in [0.4, 0.5) is 22.0 Å². The van der Waals surface area contributed by atoms with Gasteiger partial charge in [-0.15, -0.1) is 0 Å². The molecule has 0 atom stereocenters. The van der Waals surface area contributed by atoms with E-state index < -0.39 is 35.8 Å². The molecule has 0 N–H and O–H groups in total. The normalized spacial score (nSPS) is 12.5. The maximum Gasteiger partial charge on any atom is 0.461 e. The van der Waals surface area contributed by atoms with Crippen molar-refractivity contribution in [3.05, 3.63) is 24.2 Å². The number of carbonyl (C=O) groups excluding carboxylic acids is 2. The number of alkyl halides is 5. The van der Waals surface area contributed by atoms with Crippen LogP contribution in [0.5, 0.6) is 0 Å². The van der Waals surface area contributed by atoms with E-state index >= 15 is 0 Å². The Morgan fingerprint density at radius 1 is 1.18 bits per heavy atom. The topological polar surface area (TPSA) is 47.3 Å². The highest BCUT2D eigenvalue weighted by molar-refractivity contribution is 6.08. The van der Waals surface area contributed by atoms with Gasteiger partial charge in [0.1, 0.15) is 0 Å². The number of halogens is 5. The second-order valence-corrected chi connectivity index (χ2v) is 3.07. The molecule has 1 aromatic rings. The van der Waals surface area contributed by atoms with E-state index in [0.717, 1.165) is 12.3 Å². The van der Waals surface area contributed by atoms with Gasteiger partial charge in [-0.3, -0.25) is 9.59 Å². The van der Waals surface area contributed by atoms with Gasteiger partial charge >= 0.3 is 12.1 Å². The van der Waals surface area contributed by atoms with Gasteiger partial charge in [0.15, 0.2) is 5.76 Å². The second kappa shape index (κ2) is 4.27. The van der Waals surface area contributed by atoms with Crippen LogP contribution in [-0.2, 0) is 4.79 Å². The van der Waals surface area contributed by atoms with Crippen molar-refractivity contribution in [1.29, 1.82) is 0 Å². The second-order valence-electron chi connectivity index (χ2n) is 3.07. The third-order valence-corrected chi connectivity index (χ3v) is 1.82. The Kier molecular flexibility index (Phi) is 3.35. The van der Waals surface area contributed by atoms with Gasteiger partial charge in [0, 0.05) is 0 Å². The molecular weight excluding hydrogens is 251 g/mol. The van der Waals surface area contributed by atoms with Crippen molar-refractivity contribution >= 4 is 11.6 Å². The first kappa shape index (κ1) is 13.3. The van der Waals surface area contributed by atoms with Crippen molar-refractivity contribution in [3.8, 4) is 0 Å². The highest BCUT2D eigenvalue weighted by atomic mass is 19.4. The predicted octanol–water partition coefficient (Wildman–Crippen LogP) is 2.62. The fourth-order valence-electron chi connectivity index (χ4n) is 0.939. The van der Waals surface area contributed by atoms with Crippen molar-refractivity contribution in [1.82, 2.24) is 0 Å². The third-order valence-electron chi connectivity index (χ3n) is 1.82. The van der Waals surface area contributed by atoms with Crippen LogP contribution in [0.15, 0.2) is 22.8 Å². The van der Waals surface area contributed by atoms with E-state index in [2.05, 4.69) is 4.42 Å². The first-order valence-corrected chi connectivity index (χ1v) is 4.21. The van der Waals surface area contributed by atoms with E-state index in [-0.39, 0.29) is 0 Å². The first-order valence-electron chi connectivity index (χ1n) is 4.21. The van der Waals surface area contributed by atoms with Crippen LogP contribution in [0.2, 0.25) is 0 Å². The molecule has 0 spiro atoms. The Balaban J connectivity index is 2.77. The fraction of sp³-hybridized carbons (Fsp3) is 0.333. The van der Waals surface area contributed by atoms with Crippen LogP contribution in [0.1, 0.15) is 17.0 Å². The van der Waals surface area contributed by atoms with E-state index in [1.54, 1.807) is 0 Å². The number of hydrogen-bond donors (Lipinski definition) is 0. The van der Waals surface area contributed by atoms with Crippen LogP contribution in [0.3, 0.4) is 0 Å². The van der Waals surface area contributed by atoms with Crippen LogP contribution in [-0.4, -0.2) is 23.7 Å². The minimum Gasteiger partial charge on any atom is -0.461 e. The lowest BCUT2D eigenvalue weighted by molar-refractivity contribution is -0.268. The van der Waals surface area contributed by atoms with Gasteiger partial charge in [-0.05, 0) is 12.1 Å². The molecule has 1 heterocycles. The molecule has 17 heavy (non-hydrogen) atoms. The summed E-state index contributed by atoms with van der Waals surface area (Å²) in [5, 5.41) is 0. The van der Waals surface area contributed by atoms with E-state index in [1.807, 2.05) is 0 Å². The van der Waals surface area contributed by atoms with Gasteiger partial charge in [0.25, 0.3) is 0 Å². The number of Topliss-reactive ketones (excluding diaryl/α,β-unsaturated/α-hetero) is 2. The van der Waals surface area contributed by atoms with Crippen molar-refractivity contribution in [2.24, 2.45) is 0 Å². The molecule has 0 unspecified atom stereocenters. The van der Waals surface area contributed by atoms with Crippen LogP contribution < -0.4 is 0 Å². The Morgan fingerprint density at radius 2 is 1.76 bits per heavy atom. The lowest BCUT2D eigenvalue weighted by atomic mass is 10.1. The molecule has 0 fully saturated rings. The lowest BCUT2D eigenvalue weighted by Gasteiger charge is -2.17. The molecule has 1 aromatic heterocycles. The molecule has 0 bridgehead atoms. The molecule has 8 heteroatoms. The summed E-state index contributed by atoms with van der Waals surface area (Å²) in [5.74, 6) is -9.72. The summed E-state index contributed by atoms with van der Waals surface area (Å²) < 4.78 is 64.7. The van der Waals surface area contributed by atoms with Crippen LogP contribution in [0, 0.1) is 0 Å². The molecular formula is C9H5F5O3. The number of furan rings is 1. The molecule has 1 rings (SSSR count). The first-order chi connectivity index (χ1) is 7.66. The van der Waals surface area contributed by atoms with E-state index in [9.17, 15) is 31.5 Å². The number of ketones is 2. The quantitative estimate of drug-likeness (QED) is 0.472. The molecule has 0 aliphatic carbocycles. The Hall–Kier alpha value is -1.73. The van der Waals surface area contributed by atoms with Crippen LogP contribution in [0.25, 0.3) is 0 Å². The third kappa shape index (κ3) is 2.69. The Morgan fingerprint density at radius 3 is 2.18 bits per heavy atom. The van der Waals surface area contributed by atoms with Gasteiger partial charge in [0.05, 0.1) is 12.7 Å². The molecule has 0 aliphatic rings. The van der Waals surface area contributed by atoms with Crippen molar-refractivity contribution in [2.75, 3.05) is 0 Å². The van der Waals surface area contributed by atoms with Gasteiger partial charge < -0.3 is 4.42 Å². The molecule has 94 valence electrons. The van der Waals surface area contributed by atoms with Crippen molar-refractivity contribution in [3.63, 3.8) is 0 Å². The molecule has 0 aliphatic heterocycles. The SMILES string of the molecule is O=C(CC(=O)C(F)(F)C(F)(F)F)c1ccco1. The van der Waals surface area contributed by atoms with E-state index in [1.165, 1.54) is 6.07 Å². The molecule has 0 aromatic carbocycles. The maximum absolute atomic E-state index is 12.5. The highest BCUT2D eigenvalue weighted by Gasteiger charge is 2.62. The Bertz CT molecular complexity index is 418. The fourth-order valence-corrected chi connectivity index (χ4v) is 0.939. The number of rotatable bonds is 4. The largest absolute Gasteiger partial charge is 0.461 e. The zero-order chi connectivity index (χ0) is 13.3. The van der Waals surface area contributed by atoms with Gasteiger partial charge in [-0.1, -0.05) is 0 Å². The maximum atomic E-state index is 12.5. The summed E-state index contributed by atoms with van der Waals surface area (Å²) >= 11 is 0. The van der Waals surface area contributed by atoms with E-state index in [4.69, 9.17) is 0 Å². The minimum atomic E-state index is -6.01. The molecule has 0 saturated carbocycles. The summed E-state index contributed by atoms with van der Waals surface area (Å²) in [7, 11) is 0. The summed E-state index contributed by atoms with van der Waals surface area (Å²) in [6.45, 7) is 0. The van der Waals surface area contributed by atoms with Gasteiger partial charge in [-0.25, -0.2) is 0 Å². The Labute approximate surface area is 91.2 Å². The molecule has 3 nitrogen and oxygen atoms in total. The zero-order valence-corrected chi connectivity index (χ0v) is 8.05. The van der Waals surface area contributed by atoms with Crippen LogP contribution >= 0.6 is 0 Å². The van der Waals surface area contributed by atoms with Crippen molar-refractivity contribution in [2.45, 2.75) is 18.5 Å². The predicted molar refractivity (Wildman–Crippen MR) is 43.7 cm³/mol. The van der Waals surface area contributed by atoms with Gasteiger partial charge in [-0.2, -0.15) is 22.0 Å². The smallest absolute Gasteiger partial charge is 0.461 e. The average molecular weight is 256 g/mol. The molecule has 0 amide bonds. The monoisotopic (exact) mass is 256 g/mol. The highest BCUT2D eigenvalue weighted by Crippen LogP contribution is 2.37. The summed E-state index contributed by atoms with van der Waals surface area (Å²) in [6.07, 6.45) is -6.55. The zero-order valence-electron chi connectivity index (χ0n) is 8.05. The average Bonchev–Trinajstić information content (AvgIpc) is 2.68. The summed E-state index contributed by atoms with van der Waals surface area (Å²) in [4.78, 5) is 21.8. The summed E-state index contributed by atoms with van der Waals surface area (Å²) in [5.41, 5.74) is 0. The summed E-state index contributed by atoms with van der Waals surface area (Å²) in [6, 6.07) is 2.29. The van der Waals surface area contributed by atoms with Gasteiger partial charge in [0.2, 0.25) is 11.6 Å². The van der Waals surface area contributed by atoms with Crippen molar-refractivity contribution < 1.29 is 36.0 Å². The number of hydrogen-bond acceptors (Lipinski definition) is 3. The molecule has 0 saturated heterocycles. The molecule has 0 radical (unpaired) electrons. The lowest BCUT2D eigenvalue weighted by Crippen LogP contribution is -2.44. The number of carbonyl (C=O) groups is 2.